The fourth-order valence-electron chi connectivity index (χ4n) is 2.41. The molecule has 1 aliphatic heterocycles. The Hall–Kier alpha value is -1.13. The molecule has 94 valence electrons. The van der Waals surface area contributed by atoms with Gasteiger partial charge in [0.15, 0.2) is 5.78 Å². The molecule has 2 heterocycles. The summed E-state index contributed by atoms with van der Waals surface area (Å²) in [4.78, 5) is 12.1. The summed E-state index contributed by atoms with van der Waals surface area (Å²) in [6, 6.07) is 8.09. The van der Waals surface area contributed by atoms with E-state index in [-0.39, 0.29) is 11.7 Å². The quantitative estimate of drug-likeness (QED) is 0.873. The molecule has 1 aromatic heterocycles. The van der Waals surface area contributed by atoms with Crippen LogP contribution in [0, 0.1) is 5.92 Å². The summed E-state index contributed by atoms with van der Waals surface area (Å²) in [5, 5.41) is 1.15. The number of rotatable bonds is 3. The maximum Gasteiger partial charge on any atom is 0.157 e. The predicted molar refractivity (Wildman–Crippen MR) is 73.6 cm³/mol. The summed E-state index contributed by atoms with van der Waals surface area (Å²) in [6.07, 6.45) is 2.84. The minimum absolute atomic E-state index is 0.0783. The van der Waals surface area contributed by atoms with Gasteiger partial charge in [-0.3, -0.25) is 4.79 Å². The molecular weight excluding hydrogens is 294 g/mol. The maximum absolute atomic E-state index is 12.1. The molecule has 0 N–H and O–H groups in total. The highest BCUT2D eigenvalue weighted by Crippen LogP contribution is 2.25. The number of benzene rings is 1. The van der Waals surface area contributed by atoms with E-state index < -0.39 is 0 Å². The van der Waals surface area contributed by atoms with Gasteiger partial charge in [-0.15, -0.1) is 0 Å². The van der Waals surface area contributed by atoms with Gasteiger partial charge in [0, 0.05) is 34.1 Å². The fraction of sp³-hybridized carbons (Fsp3) is 0.357. The maximum atomic E-state index is 12.1. The van der Waals surface area contributed by atoms with Gasteiger partial charge in [-0.05, 0) is 24.6 Å². The molecule has 3 nitrogen and oxygen atoms in total. The highest BCUT2D eigenvalue weighted by Gasteiger charge is 2.23. The van der Waals surface area contributed by atoms with Gasteiger partial charge < -0.3 is 9.30 Å². The predicted octanol–water partition coefficient (Wildman–Crippen LogP) is 3.01. The number of aromatic nitrogens is 1. The van der Waals surface area contributed by atoms with Crippen LogP contribution in [0.5, 0.6) is 0 Å². The molecule has 1 aromatic carbocycles. The zero-order valence-electron chi connectivity index (χ0n) is 9.93. The van der Waals surface area contributed by atoms with Gasteiger partial charge in [0.25, 0.3) is 0 Å². The molecule has 0 aliphatic carbocycles. The lowest BCUT2D eigenvalue weighted by molar-refractivity contribution is -0.123. The van der Waals surface area contributed by atoms with Crippen LogP contribution in [0.3, 0.4) is 0 Å². The molecule has 3 rings (SSSR count). The van der Waals surface area contributed by atoms with Crippen molar-refractivity contribution in [3.05, 3.63) is 34.9 Å². The van der Waals surface area contributed by atoms with E-state index in [1.807, 2.05) is 35.0 Å². The van der Waals surface area contributed by atoms with E-state index in [1.54, 1.807) is 0 Å². The van der Waals surface area contributed by atoms with Crippen molar-refractivity contribution in [3.8, 4) is 0 Å². The Labute approximate surface area is 114 Å². The van der Waals surface area contributed by atoms with Gasteiger partial charge in [0.1, 0.15) is 0 Å². The number of ketones is 1. The summed E-state index contributed by atoms with van der Waals surface area (Å²) < 4.78 is 8.35. The second-order valence-electron chi connectivity index (χ2n) is 4.64. The van der Waals surface area contributed by atoms with E-state index in [1.165, 1.54) is 0 Å². The van der Waals surface area contributed by atoms with Gasteiger partial charge in [-0.2, -0.15) is 0 Å². The van der Waals surface area contributed by atoms with Crippen molar-refractivity contribution in [1.82, 2.24) is 4.57 Å². The van der Waals surface area contributed by atoms with Crippen LogP contribution in [0.2, 0.25) is 0 Å². The van der Waals surface area contributed by atoms with E-state index >= 15 is 0 Å². The van der Waals surface area contributed by atoms with Crippen LogP contribution in [-0.4, -0.2) is 23.6 Å². The Kier molecular flexibility index (Phi) is 3.22. The van der Waals surface area contributed by atoms with Gasteiger partial charge in [0.2, 0.25) is 0 Å². The lowest BCUT2D eigenvalue weighted by Gasteiger charge is -2.09. The molecule has 0 spiro atoms. The molecule has 0 amide bonds. The normalized spacial score (nSPS) is 19.5. The van der Waals surface area contributed by atoms with E-state index in [2.05, 4.69) is 15.9 Å². The minimum Gasteiger partial charge on any atom is -0.381 e. The first-order valence-corrected chi connectivity index (χ1v) is 6.89. The van der Waals surface area contributed by atoms with Crippen LogP contribution in [-0.2, 0) is 16.1 Å². The molecule has 1 atom stereocenters. The average molecular weight is 308 g/mol. The molecule has 1 fully saturated rings. The first-order chi connectivity index (χ1) is 8.75. The van der Waals surface area contributed by atoms with Crippen LogP contribution < -0.4 is 0 Å². The molecule has 0 radical (unpaired) electrons. The summed E-state index contributed by atoms with van der Waals surface area (Å²) in [5.41, 5.74) is 1.09. The lowest BCUT2D eigenvalue weighted by atomic mass is 10.0. The fourth-order valence-corrected chi connectivity index (χ4v) is 2.90. The Morgan fingerprint density at radius 2 is 2.33 bits per heavy atom. The van der Waals surface area contributed by atoms with Crippen molar-refractivity contribution >= 4 is 32.6 Å². The zero-order valence-corrected chi connectivity index (χ0v) is 11.5. The summed E-state index contributed by atoms with van der Waals surface area (Å²) in [5.74, 6) is 0.347. The van der Waals surface area contributed by atoms with Gasteiger partial charge in [-0.1, -0.05) is 22.0 Å². The Morgan fingerprint density at radius 3 is 3.11 bits per heavy atom. The molecule has 0 saturated carbocycles. The smallest absolute Gasteiger partial charge is 0.157 e. The van der Waals surface area contributed by atoms with E-state index in [9.17, 15) is 4.79 Å². The summed E-state index contributed by atoms with van der Waals surface area (Å²) in [6.45, 7) is 1.74. The number of Topliss-reactive ketones (excluding diaryl/α,β-unsaturated/α-hetero) is 1. The van der Waals surface area contributed by atoms with E-state index in [0.717, 1.165) is 21.8 Å². The first kappa shape index (κ1) is 11.9. The second-order valence-corrected chi connectivity index (χ2v) is 5.50. The van der Waals surface area contributed by atoms with Gasteiger partial charge in [0.05, 0.1) is 13.2 Å². The van der Waals surface area contributed by atoms with Crippen molar-refractivity contribution in [2.75, 3.05) is 13.2 Å². The van der Waals surface area contributed by atoms with E-state index in [4.69, 9.17) is 4.74 Å². The van der Waals surface area contributed by atoms with Crippen molar-refractivity contribution in [2.24, 2.45) is 5.92 Å². The number of halogens is 1. The van der Waals surface area contributed by atoms with Gasteiger partial charge in [-0.25, -0.2) is 0 Å². The molecule has 1 saturated heterocycles. The van der Waals surface area contributed by atoms with Crippen molar-refractivity contribution in [1.29, 1.82) is 0 Å². The van der Waals surface area contributed by atoms with Crippen LogP contribution in [0.1, 0.15) is 6.42 Å². The van der Waals surface area contributed by atoms with Crippen molar-refractivity contribution in [2.45, 2.75) is 13.0 Å². The van der Waals surface area contributed by atoms with Crippen LogP contribution in [0.25, 0.3) is 10.9 Å². The lowest BCUT2D eigenvalue weighted by Crippen LogP contribution is -2.19. The first-order valence-electron chi connectivity index (χ1n) is 6.09. The second kappa shape index (κ2) is 4.86. The van der Waals surface area contributed by atoms with Crippen LogP contribution >= 0.6 is 15.9 Å². The van der Waals surface area contributed by atoms with Crippen LogP contribution in [0.15, 0.2) is 34.9 Å². The third-order valence-corrected chi connectivity index (χ3v) is 4.16. The summed E-state index contributed by atoms with van der Waals surface area (Å²) >= 11 is 3.52. The third-order valence-electron chi connectivity index (χ3n) is 3.47. The molecule has 2 aromatic rings. The topological polar surface area (TPSA) is 31.2 Å². The zero-order chi connectivity index (χ0) is 12.5. The highest BCUT2D eigenvalue weighted by molar-refractivity contribution is 9.10. The largest absolute Gasteiger partial charge is 0.381 e. The van der Waals surface area contributed by atoms with E-state index in [0.29, 0.717) is 19.8 Å². The minimum atomic E-state index is 0.0783. The van der Waals surface area contributed by atoms with Crippen molar-refractivity contribution in [3.63, 3.8) is 0 Å². The summed E-state index contributed by atoms with van der Waals surface area (Å²) in [7, 11) is 0. The Morgan fingerprint density at radius 1 is 1.44 bits per heavy atom. The SMILES string of the molecule is O=C(Cn1ccc2c(Br)cccc21)C1CCOC1. The van der Waals surface area contributed by atoms with Crippen LogP contribution in [0.4, 0.5) is 0 Å². The number of ether oxygens (including phenoxy) is 1. The molecule has 1 aliphatic rings. The molecular formula is C14H14BrNO2. The molecule has 1 unspecified atom stereocenters. The monoisotopic (exact) mass is 307 g/mol. The number of carbonyl (C=O) groups is 1. The number of hydrogen-bond donors (Lipinski definition) is 0. The Bertz CT molecular complexity index is 584. The van der Waals surface area contributed by atoms with Gasteiger partial charge >= 0.3 is 0 Å². The average Bonchev–Trinajstić information content (AvgIpc) is 2.99. The number of hydrogen-bond acceptors (Lipinski definition) is 2. The highest BCUT2D eigenvalue weighted by atomic mass is 79.9. The Balaban J connectivity index is 1.86. The molecule has 4 heteroatoms. The molecule has 0 bridgehead atoms. The standard InChI is InChI=1S/C14H14BrNO2/c15-12-2-1-3-13-11(12)4-6-16(13)8-14(17)10-5-7-18-9-10/h1-4,6,10H,5,7-9H2. The number of fused-ring (bicyclic) bond motifs is 1. The third kappa shape index (κ3) is 2.10. The van der Waals surface area contributed by atoms with Crippen molar-refractivity contribution < 1.29 is 9.53 Å². The number of carbonyl (C=O) groups excluding carboxylic acids is 1. The molecule has 18 heavy (non-hydrogen) atoms. The number of nitrogens with zero attached hydrogens (tertiary/aromatic N) is 1.